The van der Waals surface area contributed by atoms with Crippen LogP contribution in [-0.2, 0) is 13.0 Å². The summed E-state index contributed by atoms with van der Waals surface area (Å²) in [6, 6.07) is 4.84. The van der Waals surface area contributed by atoms with Crippen LogP contribution >= 0.6 is 15.9 Å². The average Bonchev–Trinajstić information content (AvgIpc) is 2.76. The normalized spacial score (nSPS) is 15.6. The molecule has 1 heterocycles. The van der Waals surface area contributed by atoms with Gasteiger partial charge in [0.15, 0.2) is 0 Å². The molecule has 4 heteroatoms. The van der Waals surface area contributed by atoms with Crippen LogP contribution in [0.5, 0.6) is 5.75 Å². The molecular formula is C14H21BrN2O. The van der Waals surface area contributed by atoms with E-state index < -0.39 is 0 Å². The monoisotopic (exact) mass is 312 g/mol. The maximum atomic E-state index is 5.72. The SMILES string of the molecule is CC(CNCc1cc(Br)cc2c1OCC2)N(C)C. The van der Waals surface area contributed by atoms with Gasteiger partial charge in [-0.1, -0.05) is 15.9 Å². The molecule has 1 N–H and O–H groups in total. The second-order valence-electron chi connectivity index (χ2n) is 5.10. The van der Waals surface area contributed by atoms with Crippen LogP contribution in [0, 0.1) is 0 Å². The Kier molecular flexibility index (Phi) is 4.65. The zero-order valence-electron chi connectivity index (χ0n) is 11.3. The average molecular weight is 313 g/mol. The summed E-state index contributed by atoms with van der Waals surface area (Å²) in [7, 11) is 4.21. The minimum atomic E-state index is 0.533. The molecule has 1 unspecified atom stereocenters. The minimum absolute atomic E-state index is 0.533. The van der Waals surface area contributed by atoms with E-state index in [9.17, 15) is 0 Å². The van der Waals surface area contributed by atoms with E-state index in [0.29, 0.717) is 6.04 Å². The fourth-order valence-corrected chi connectivity index (χ4v) is 2.63. The van der Waals surface area contributed by atoms with Crippen molar-refractivity contribution in [1.29, 1.82) is 0 Å². The number of likely N-dealkylation sites (N-methyl/N-ethyl adjacent to an activating group) is 1. The van der Waals surface area contributed by atoms with Gasteiger partial charge in [0.2, 0.25) is 0 Å². The quantitative estimate of drug-likeness (QED) is 0.903. The molecule has 1 aliphatic heterocycles. The van der Waals surface area contributed by atoms with E-state index in [0.717, 1.165) is 36.3 Å². The smallest absolute Gasteiger partial charge is 0.127 e. The van der Waals surface area contributed by atoms with Gasteiger partial charge < -0.3 is 15.0 Å². The molecule has 0 bridgehead atoms. The van der Waals surface area contributed by atoms with Crippen molar-refractivity contribution in [2.75, 3.05) is 27.2 Å². The number of rotatable bonds is 5. The first-order chi connectivity index (χ1) is 8.58. The summed E-state index contributed by atoms with van der Waals surface area (Å²) in [5.41, 5.74) is 2.57. The Morgan fingerprint density at radius 3 is 2.94 bits per heavy atom. The van der Waals surface area contributed by atoms with Crippen LogP contribution in [-0.4, -0.2) is 38.2 Å². The Balaban J connectivity index is 1.98. The molecule has 18 heavy (non-hydrogen) atoms. The van der Waals surface area contributed by atoms with Gasteiger partial charge in [-0.15, -0.1) is 0 Å². The lowest BCUT2D eigenvalue weighted by molar-refractivity contribution is 0.301. The highest BCUT2D eigenvalue weighted by Crippen LogP contribution is 2.32. The van der Waals surface area contributed by atoms with E-state index in [-0.39, 0.29) is 0 Å². The van der Waals surface area contributed by atoms with Gasteiger partial charge in [-0.25, -0.2) is 0 Å². The molecule has 0 aromatic heterocycles. The molecule has 0 aliphatic carbocycles. The molecule has 0 saturated carbocycles. The number of halogens is 1. The summed E-state index contributed by atoms with van der Waals surface area (Å²) in [5, 5.41) is 3.50. The van der Waals surface area contributed by atoms with E-state index >= 15 is 0 Å². The first-order valence-electron chi connectivity index (χ1n) is 6.39. The largest absolute Gasteiger partial charge is 0.493 e. The molecule has 0 fully saturated rings. The Morgan fingerprint density at radius 1 is 1.44 bits per heavy atom. The van der Waals surface area contributed by atoms with Gasteiger partial charge >= 0.3 is 0 Å². The van der Waals surface area contributed by atoms with Gasteiger partial charge in [0, 0.05) is 35.6 Å². The molecule has 2 rings (SSSR count). The predicted molar refractivity (Wildman–Crippen MR) is 78.2 cm³/mol. The number of nitrogens with one attached hydrogen (secondary N) is 1. The summed E-state index contributed by atoms with van der Waals surface area (Å²) < 4.78 is 6.86. The molecule has 0 amide bonds. The zero-order chi connectivity index (χ0) is 13.1. The summed E-state index contributed by atoms with van der Waals surface area (Å²) in [5.74, 6) is 1.09. The van der Waals surface area contributed by atoms with Crippen LogP contribution in [0.3, 0.4) is 0 Å². The Bertz CT molecular complexity index is 421. The van der Waals surface area contributed by atoms with Crippen LogP contribution in [0.25, 0.3) is 0 Å². The standard InChI is InChI=1S/C14H21BrN2O/c1-10(17(2)3)8-16-9-12-7-13(15)6-11-4-5-18-14(11)12/h6-7,10,16H,4-5,8-9H2,1-3H3. The molecule has 100 valence electrons. The Hall–Kier alpha value is -0.580. The number of hydrogen-bond acceptors (Lipinski definition) is 3. The summed E-state index contributed by atoms with van der Waals surface area (Å²) in [4.78, 5) is 2.22. The van der Waals surface area contributed by atoms with Crippen LogP contribution in [0.2, 0.25) is 0 Å². The number of fused-ring (bicyclic) bond motifs is 1. The zero-order valence-corrected chi connectivity index (χ0v) is 12.9. The summed E-state index contributed by atoms with van der Waals surface area (Å²) >= 11 is 3.57. The van der Waals surface area contributed by atoms with Gasteiger partial charge in [0.1, 0.15) is 5.75 Å². The number of hydrogen-bond donors (Lipinski definition) is 1. The highest BCUT2D eigenvalue weighted by atomic mass is 79.9. The molecule has 1 aliphatic rings. The molecule has 1 aromatic carbocycles. The van der Waals surface area contributed by atoms with Crippen LogP contribution in [0.4, 0.5) is 0 Å². The van der Waals surface area contributed by atoms with Crippen molar-refractivity contribution in [3.8, 4) is 5.75 Å². The fraction of sp³-hybridized carbons (Fsp3) is 0.571. The maximum absolute atomic E-state index is 5.72. The third kappa shape index (κ3) is 3.25. The van der Waals surface area contributed by atoms with Crippen LogP contribution in [0.1, 0.15) is 18.1 Å². The van der Waals surface area contributed by atoms with Crippen molar-refractivity contribution in [2.45, 2.75) is 25.9 Å². The first-order valence-corrected chi connectivity index (χ1v) is 7.18. The second-order valence-corrected chi connectivity index (χ2v) is 6.01. The minimum Gasteiger partial charge on any atom is -0.493 e. The number of ether oxygens (including phenoxy) is 1. The highest BCUT2D eigenvalue weighted by molar-refractivity contribution is 9.10. The first kappa shape index (κ1) is 13.8. The molecule has 0 saturated heterocycles. The number of nitrogens with zero attached hydrogens (tertiary/aromatic N) is 1. The molecule has 0 spiro atoms. The van der Waals surface area contributed by atoms with Gasteiger partial charge in [0.25, 0.3) is 0 Å². The lowest BCUT2D eigenvalue weighted by atomic mass is 10.1. The predicted octanol–water partition coefficient (Wildman–Crippen LogP) is 2.42. The van der Waals surface area contributed by atoms with E-state index in [1.54, 1.807) is 0 Å². The lowest BCUT2D eigenvalue weighted by Gasteiger charge is -2.20. The second kappa shape index (κ2) is 6.04. The van der Waals surface area contributed by atoms with Crippen molar-refractivity contribution in [2.24, 2.45) is 0 Å². The van der Waals surface area contributed by atoms with Gasteiger partial charge in [-0.05, 0) is 38.7 Å². The van der Waals surface area contributed by atoms with Crippen LogP contribution < -0.4 is 10.1 Å². The summed E-state index contributed by atoms with van der Waals surface area (Å²) in [6.45, 7) is 4.87. The van der Waals surface area contributed by atoms with Gasteiger partial charge in [-0.3, -0.25) is 0 Å². The molecule has 1 atom stereocenters. The molecule has 1 aromatic rings. The molecular weight excluding hydrogens is 292 g/mol. The van der Waals surface area contributed by atoms with Crippen molar-refractivity contribution >= 4 is 15.9 Å². The number of benzene rings is 1. The molecule has 3 nitrogen and oxygen atoms in total. The third-order valence-corrected chi connectivity index (χ3v) is 3.92. The lowest BCUT2D eigenvalue weighted by Crippen LogP contribution is -2.35. The molecule has 0 radical (unpaired) electrons. The van der Waals surface area contributed by atoms with Gasteiger partial charge in [-0.2, -0.15) is 0 Å². The van der Waals surface area contributed by atoms with Gasteiger partial charge in [0.05, 0.1) is 6.61 Å². The Labute approximate surface area is 118 Å². The summed E-state index contributed by atoms with van der Waals surface area (Å²) in [6.07, 6.45) is 1.02. The van der Waals surface area contributed by atoms with E-state index in [4.69, 9.17) is 4.74 Å². The van der Waals surface area contributed by atoms with Crippen molar-refractivity contribution in [1.82, 2.24) is 10.2 Å². The highest BCUT2D eigenvalue weighted by Gasteiger charge is 2.17. The van der Waals surface area contributed by atoms with E-state index in [2.05, 4.69) is 59.3 Å². The van der Waals surface area contributed by atoms with Crippen molar-refractivity contribution in [3.05, 3.63) is 27.7 Å². The fourth-order valence-electron chi connectivity index (χ4n) is 2.08. The van der Waals surface area contributed by atoms with Crippen molar-refractivity contribution < 1.29 is 4.74 Å². The van der Waals surface area contributed by atoms with Crippen LogP contribution in [0.15, 0.2) is 16.6 Å². The third-order valence-electron chi connectivity index (χ3n) is 3.46. The van der Waals surface area contributed by atoms with E-state index in [1.807, 2.05) is 0 Å². The van der Waals surface area contributed by atoms with Crippen molar-refractivity contribution in [3.63, 3.8) is 0 Å². The topological polar surface area (TPSA) is 24.5 Å². The van der Waals surface area contributed by atoms with E-state index in [1.165, 1.54) is 11.1 Å². The maximum Gasteiger partial charge on any atom is 0.127 e. The Morgan fingerprint density at radius 2 is 2.22 bits per heavy atom.